The first-order valence-corrected chi connectivity index (χ1v) is 7.13. The summed E-state index contributed by atoms with van der Waals surface area (Å²) in [5.74, 6) is -0.460. The molecule has 1 aliphatic rings. The van der Waals surface area contributed by atoms with Gasteiger partial charge in [-0.05, 0) is 6.42 Å². The van der Waals surface area contributed by atoms with Crippen molar-refractivity contribution in [2.45, 2.75) is 37.8 Å². The normalized spacial score (nSPS) is 34.6. The Labute approximate surface area is 95.7 Å². The number of primary amides is 1. The maximum atomic E-state index is 10.7. The van der Waals surface area contributed by atoms with Gasteiger partial charge >= 0.3 is 8.80 Å². The van der Waals surface area contributed by atoms with Crippen molar-refractivity contribution in [1.82, 2.24) is 0 Å². The van der Waals surface area contributed by atoms with E-state index in [0.717, 1.165) is 0 Å². The fraction of sp³-hybridized carbons (Fsp3) is 0.889. The summed E-state index contributed by atoms with van der Waals surface area (Å²) >= 11 is 0. The molecular formula is C9H19NO5Si. The second kappa shape index (κ2) is 4.80. The molecule has 0 aromatic carbocycles. The number of nitrogens with two attached hydrogens (primary N) is 1. The first-order valence-electron chi connectivity index (χ1n) is 5.29. The molecule has 0 radical (unpaired) electrons. The number of carbonyl (C=O) groups is 1. The summed E-state index contributed by atoms with van der Waals surface area (Å²) in [6.07, 6.45) is 0.368. The van der Waals surface area contributed by atoms with Gasteiger partial charge in [0.1, 0.15) is 5.60 Å². The monoisotopic (exact) mass is 249 g/mol. The summed E-state index contributed by atoms with van der Waals surface area (Å²) in [7, 11) is -3.20. The molecule has 4 N–H and O–H groups in total. The molecule has 0 aliphatic carbocycles. The number of amides is 1. The molecule has 1 amide bonds. The first-order chi connectivity index (χ1) is 7.33. The summed E-state index contributed by atoms with van der Waals surface area (Å²) in [5, 5.41) is 9.30. The maximum absolute atomic E-state index is 10.7. The number of rotatable bonds is 5. The van der Waals surface area contributed by atoms with Gasteiger partial charge in [-0.15, -0.1) is 0 Å². The van der Waals surface area contributed by atoms with Crippen molar-refractivity contribution in [2.24, 2.45) is 5.73 Å². The molecule has 2 atom stereocenters. The van der Waals surface area contributed by atoms with Crippen LogP contribution in [0.5, 0.6) is 0 Å². The Hall–Kier alpha value is -0.473. The van der Waals surface area contributed by atoms with Crippen LogP contribution in [0.2, 0.25) is 5.54 Å². The molecule has 0 aromatic rings. The maximum Gasteiger partial charge on any atom is 0.501 e. The smallest absolute Gasteiger partial charge is 0.393 e. The molecule has 1 aliphatic heterocycles. The fourth-order valence-electron chi connectivity index (χ4n) is 1.52. The molecule has 94 valence electrons. The molecule has 2 unspecified atom stereocenters. The van der Waals surface area contributed by atoms with Crippen molar-refractivity contribution >= 4 is 14.7 Å². The molecule has 16 heavy (non-hydrogen) atoms. The van der Waals surface area contributed by atoms with E-state index in [1.165, 1.54) is 0 Å². The van der Waals surface area contributed by atoms with Gasteiger partial charge in [-0.3, -0.25) is 4.79 Å². The lowest BCUT2D eigenvalue weighted by atomic mass is 10.00. The molecule has 0 aromatic heterocycles. The lowest BCUT2D eigenvalue weighted by Crippen LogP contribution is -2.45. The van der Waals surface area contributed by atoms with Crippen LogP contribution in [0.3, 0.4) is 0 Å². The average Bonchev–Trinajstić information content (AvgIpc) is 2.56. The third-order valence-corrected chi connectivity index (χ3v) is 5.49. The van der Waals surface area contributed by atoms with Gasteiger partial charge in [-0.25, -0.2) is 0 Å². The second-order valence-electron chi connectivity index (χ2n) is 4.48. The molecule has 1 saturated heterocycles. The zero-order valence-electron chi connectivity index (χ0n) is 9.60. The van der Waals surface area contributed by atoms with Gasteiger partial charge in [0.25, 0.3) is 0 Å². The molecular weight excluding hydrogens is 230 g/mol. The van der Waals surface area contributed by atoms with Gasteiger partial charge in [0, 0.05) is 12.0 Å². The quantitative estimate of drug-likeness (QED) is 0.563. The largest absolute Gasteiger partial charge is 0.501 e. The van der Waals surface area contributed by atoms with Gasteiger partial charge in [0.05, 0.1) is 13.2 Å². The van der Waals surface area contributed by atoms with Crippen molar-refractivity contribution in [3.63, 3.8) is 0 Å². The Balaban J connectivity index is 2.67. The zero-order chi connectivity index (χ0) is 12.4. The van der Waals surface area contributed by atoms with Crippen LogP contribution in [0, 0.1) is 0 Å². The van der Waals surface area contributed by atoms with Crippen LogP contribution in [0.25, 0.3) is 0 Å². The minimum absolute atomic E-state index is 0.104. The number of aliphatic hydroxyl groups excluding tert-OH is 1. The van der Waals surface area contributed by atoms with E-state index >= 15 is 0 Å². The van der Waals surface area contributed by atoms with E-state index in [4.69, 9.17) is 14.6 Å². The Kier molecular flexibility index (Phi) is 4.08. The number of hydrogen-bond acceptors (Lipinski definition) is 5. The van der Waals surface area contributed by atoms with Crippen molar-refractivity contribution in [3.8, 4) is 0 Å². The molecule has 0 bridgehead atoms. The van der Waals surface area contributed by atoms with E-state index < -0.39 is 20.3 Å². The predicted molar refractivity (Wildman–Crippen MR) is 58.4 cm³/mol. The second-order valence-corrected chi connectivity index (χ2v) is 7.39. The van der Waals surface area contributed by atoms with Crippen LogP contribution in [-0.4, -0.2) is 43.4 Å². The Morgan fingerprint density at radius 3 is 2.62 bits per heavy atom. The predicted octanol–water partition coefficient (Wildman–Crippen LogP) is -0.629. The Morgan fingerprint density at radius 1 is 1.62 bits per heavy atom. The highest BCUT2D eigenvalue weighted by Gasteiger charge is 2.55. The summed E-state index contributed by atoms with van der Waals surface area (Å²) < 4.78 is 10.8. The fourth-order valence-corrected chi connectivity index (χ4v) is 3.46. The number of hydrogen-bond donors (Lipinski definition) is 3. The van der Waals surface area contributed by atoms with Crippen molar-refractivity contribution in [2.75, 3.05) is 13.2 Å². The lowest BCUT2D eigenvalue weighted by molar-refractivity contribution is -0.119. The van der Waals surface area contributed by atoms with Crippen LogP contribution >= 0.6 is 0 Å². The number of aliphatic hydroxyl groups is 1. The van der Waals surface area contributed by atoms with Crippen molar-refractivity contribution in [3.05, 3.63) is 0 Å². The van der Waals surface area contributed by atoms with Gasteiger partial charge in [0.2, 0.25) is 5.91 Å². The third-order valence-electron chi connectivity index (χ3n) is 2.75. The van der Waals surface area contributed by atoms with Crippen LogP contribution in [-0.2, 0) is 13.6 Å². The van der Waals surface area contributed by atoms with Gasteiger partial charge in [-0.2, -0.15) is 0 Å². The molecule has 0 saturated carbocycles. The van der Waals surface area contributed by atoms with Gasteiger partial charge in [-0.1, -0.05) is 13.8 Å². The van der Waals surface area contributed by atoms with Crippen molar-refractivity contribution < 1.29 is 23.5 Å². The highest BCUT2D eigenvalue weighted by molar-refractivity contribution is 6.61. The first kappa shape index (κ1) is 13.6. The minimum atomic E-state index is -3.20. The summed E-state index contributed by atoms with van der Waals surface area (Å²) in [6, 6.07) is 0. The van der Waals surface area contributed by atoms with E-state index in [2.05, 4.69) is 0 Å². The molecule has 1 fully saturated rings. The highest BCUT2D eigenvalue weighted by atomic mass is 28.4. The topological polar surface area (TPSA) is 102 Å². The lowest BCUT2D eigenvalue weighted by Gasteiger charge is -2.27. The van der Waals surface area contributed by atoms with E-state index in [1.807, 2.05) is 0 Å². The SMILES string of the molecule is CC(C)[Si]1(O)OCC(CO)(CCC(N)=O)O1. The van der Waals surface area contributed by atoms with E-state index in [0.29, 0.717) is 0 Å². The van der Waals surface area contributed by atoms with Crippen LogP contribution in [0.4, 0.5) is 0 Å². The van der Waals surface area contributed by atoms with E-state index in [9.17, 15) is 14.7 Å². The molecule has 6 nitrogen and oxygen atoms in total. The van der Waals surface area contributed by atoms with Crippen LogP contribution in [0.1, 0.15) is 26.7 Å². The average molecular weight is 249 g/mol. The Bertz CT molecular complexity index is 275. The Morgan fingerprint density at radius 2 is 2.25 bits per heavy atom. The summed E-state index contributed by atoms with van der Waals surface area (Å²) in [6.45, 7) is 3.42. The summed E-state index contributed by atoms with van der Waals surface area (Å²) in [5.41, 5.74) is 3.94. The van der Waals surface area contributed by atoms with Gasteiger partial charge < -0.3 is 24.5 Å². The van der Waals surface area contributed by atoms with Crippen molar-refractivity contribution in [1.29, 1.82) is 0 Å². The summed E-state index contributed by atoms with van der Waals surface area (Å²) in [4.78, 5) is 20.8. The minimum Gasteiger partial charge on any atom is -0.393 e. The molecule has 1 heterocycles. The standard InChI is InChI=1S/C9H19NO5Si/c1-7(2)16(13)14-6-9(5-11,15-16)4-3-8(10)12/h7,11,13H,3-6H2,1-2H3,(H2,10,12). The number of carbonyl (C=O) groups excluding carboxylic acids is 1. The van der Waals surface area contributed by atoms with E-state index in [1.54, 1.807) is 13.8 Å². The van der Waals surface area contributed by atoms with E-state index in [-0.39, 0.29) is 31.6 Å². The zero-order valence-corrected chi connectivity index (χ0v) is 10.6. The highest BCUT2D eigenvalue weighted by Crippen LogP contribution is 2.35. The van der Waals surface area contributed by atoms with Crippen LogP contribution < -0.4 is 5.73 Å². The molecule has 1 rings (SSSR count). The molecule has 0 spiro atoms. The third kappa shape index (κ3) is 2.80. The van der Waals surface area contributed by atoms with Gasteiger partial charge in [0.15, 0.2) is 0 Å². The molecule has 7 heteroatoms. The van der Waals surface area contributed by atoms with Crippen LogP contribution in [0.15, 0.2) is 0 Å².